The molecule has 2 aromatic rings. The fourth-order valence-electron chi connectivity index (χ4n) is 2.84. The van der Waals surface area contributed by atoms with Crippen molar-refractivity contribution < 1.29 is 17.9 Å². The Kier molecular flexibility index (Phi) is 5.23. The van der Waals surface area contributed by atoms with Crippen LogP contribution in [0.25, 0.3) is 0 Å². The van der Waals surface area contributed by atoms with Crippen molar-refractivity contribution in [3.05, 3.63) is 36.4 Å². The van der Waals surface area contributed by atoms with E-state index in [1.807, 2.05) is 0 Å². The Morgan fingerprint density at radius 1 is 1.27 bits per heavy atom. The lowest BCUT2D eigenvalue weighted by atomic mass is 9.98. The summed E-state index contributed by atoms with van der Waals surface area (Å²) in [4.78, 5) is 15.5. The summed E-state index contributed by atoms with van der Waals surface area (Å²) in [5.41, 5.74) is 5.29. The van der Waals surface area contributed by atoms with E-state index >= 15 is 0 Å². The van der Waals surface area contributed by atoms with Crippen LogP contribution in [0.5, 0.6) is 5.75 Å². The second-order valence-corrected chi connectivity index (χ2v) is 8.08. The summed E-state index contributed by atoms with van der Waals surface area (Å²) >= 11 is 0. The van der Waals surface area contributed by atoms with Crippen LogP contribution in [-0.4, -0.2) is 46.5 Å². The molecule has 0 saturated carbocycles. The molecule has 1 saturated heterocycles. The molecule has 2 heterocycles. The van der Waals surface area contributed by atoms with E-state index in [0.29, 0.717) is 37.5 Å². The van der Waals surface area contributed by atoms with Crippen molar-refractivity contribution in [2.75, 3.05) is 13.1 Å². The third kappa shape index (κ3) is 3.86. The van der Waals surface area contributed by atoms with Crippen molar-refractivity contribution in [3.63, 3.8) is 0 Å². The molecule has 2 N–H and O–H groups in total. The first-order chi connectivity index (χ1) is 12.4. The zero-order valence-electron chi connectivity index (χ0n) is 14.4. The molecule has 1 aromatic carbocycles. The molecule has 10 heteroatoms. The van der Waals surface area contributed by atoms with E-state index in [1.54, 1.807) is 23.9 Å². The van der Waals surface area contributed by atoms with Gasteiger partial charge in [-0.3, -0.25) is 9.48 Å². The molecular formula is C16H21N5O4S. The maximum Gasteiger partial charge on any atom is 0.243 e. The monoisotopic (exact) mass is 379 g/mol. The van der Waals surface area contributed by atoms with E-state index in [9.17, 15) is 13.2 Å². The lowest BCUT2D eigenvalue weighted by Crippen LogP contribution is -2.41. The number of carbonyl (C=O) groups is 1. The second kappa shape index (κ2) is 7.42. The van der Waals surface area contributed by atoms with E-state index in [1.165, 1.54) is 22.8 Å². The van der Waals surface area contributed by atoms with Gasteiger partial charge >= 0.3 is 0 Å². The number of ether oxygens (including phenoxy) is 1. The Bertz CT molecular complexity index is 870. The smallest absolute Gasteiger partial charge is 0.243 e. The van der Waals surface area contributed by atoms with Crippen molar-refractivity contribution in [2.45, 2.75) is 24.3 Å². The Labute approximate surface area is 151 Å². The summed E-state index contributed by atoms with van der Waals surface area (Å²) in [5.74, 6) is 0.586. The Hall–Kier alpha value is -2.46. The van der Waals surface area contributed by atoms with Crippen LogP contribution >= 0.6 is 0 Å². The number of sulfonamides is 1. The van der Waals surface area contributed by atoms with Crippen LogP contribution in [0.4, 0.5) is 0 Å². The van der Waals surface area contributed by atoms with Gasteiger partial charge in [0, 0.05) is 26.1 Å². The predicted molar refractivity (Wildman–Crippen MR) is 92.5 cm³/mol. The molecule has 0 unspecified atom stereocenters. The summed E-state index contributed by atoms with van der Waals surface area (Å²) in [5, 5.41) is 3.96. The molecule has 26 heavy (non-hydrogen) atoms. The summed E-state index contributed by atoms with van der Waals surface area (Å²) in [6.45, 7) is 0.823. The third-order valence-corrected chi connectivity index (χ3v) is 6.40. The molecule has 0 bridgehead atoms. The first-order valence-corrected chi connectivity index (χ1v) is 9.67. The highest BCUT2D eigenvalue weighted by Crippen LogP contribution is 2.25. The SMILES string of the molecule is Cn1ncnc1COc1ccc(S(=O)(=O)N2CCC(C(N)=O)CC2)cc1. The van der Waals surface area contributed by atoms with Crippen LogP contribution in [0, 0.1) is 5.92 Å². The molecule has 0 spiro atoms. The number of nitrogens with zero attached hydrogens (tertiary/aromatic N) is 4. The van der Waals surface area contributed by atoms with Crippen LogP contribution in [0.1, 0.15) is 18.7 Å². The molecule has 1 amide bonds. The molecular weight excluding hydrogens is 358 g/mol. The lowest BCUT2D eigenvalue weighted by Gasteiger charge is -2.29. The fourth-order valence-corrected chi connectivity index (χ4v) is 4.31. The highest BCUT2D eigenvalue weighted by molar-refractivity contribution is 7.89. The first kappa shape index (κ1) is 18.3. The average molecular weight is 379 g/mol. The van der Waals surface area contributed by atoms with Gasteiger partial charge in [-0.25, -0.2) is 13.4 Å². The van der Waals surface area contributed by atoms with Gasteiger partial charge in [0.1, 0.15) is 18.7 Å². The molecule has 140 valence electrons. The number of rotatable bonds is 6. The van der Waals surface area contributed by atoms with Crippen LogP contribution in [0.15, 0.2) is 35.5 Å². The Balaban J connectivity index is 1.64. The van der Waals surface area contributed by atoms with E-state index in [2.05, 4.69) is 10.1 Å². The van der Waals surface area contributed by atoms with Gasteiger partial charge in [-0.15, -0.1) is 0 Å². The van der Waals surface area contributed by atoms with Crippen molar-refractivity contribution in [3.8, 4) is 5.75 Å². The minimum absolute atomic E-state index is 0.195. The number of aromatic nitrogens is 3. The van der Waals surface area contributed by atoms with Crippen molar-refractivity contribution in [2.24, 2.45) is 18.7 Å². The van der Waals surface area contributed by atoms with Gasteiger partial charge in [-0.1, -0.05) is 0 Å². The standard InChI is InChI=1S/C16H21N5O4S/c1-20-15(18-11-19-20)10-25-13-2-4-14(5-3-13)26(23,24)21-8-6-12(7-9-21)16(17)22/h2-5,11-12H,6-10H2,1H3,(H2,17,22). The fraction of sp³-hybridized carbons (Fsp3) is 0.438. The van der Waals surface area contributed by atoms with Gasteiger partial charge in [-0.2, -0.15) is 9.40 Å². The number of benzene rings is 1. The van der Waals surface area contributed by atoms with E-state index in [0.717, 1.165) is 0 Å². The molecule has 3 rings (SSSR count). The zero-order chi connectivity index (χ0) is 18.7. The first-order valence-electron chi connectivity index (χ1n) is 8.23. The maximum absolute atomic E-state index is 12.7. The number of hydrogen-bond donors (Lipinski definition) is 1. The number of piperidine rings is 1. The van der Waals surface area contributed by atoms with Crippen molar-refractivity contribution >= 4 is 15.9 Å². The van der Waals surface area contributed by atoms with Crippen molar-refractivity contribution in [1.29, 1.82) is 0 Å². The van der Waals surface area contributed by atoms with Crippen LogP contribution in [0.2, 0.25) is 0 Å². The minimum Gasteiger partial charge on any atom is -0.486 e. The Morgan fingerprint density at radius 2 is 1.92 bits per heavy atom. The van der Waals surface area contributed by atoms with Crippen LogP contribution in [-0.2, 0) is 28.5 Å². The summed E-state index contributed by atoms with van der Waals surface area (Å²) in [7, 11) is -1.83. The third-order valence-electron chi connectivity index (χ3n) is 4.49. The lowest BCUT2D eigenvalue weighted by molar-refractivity contribution is -0.122. The van der Waals surface area contributed by atoms with Crippen LogP contribution < -0.4 is 10.5 Å². The normalized spacial score (nSPS) is 16.5. The Morgan fingerprint density at radius 3 is 2.46 bits per heavy atom. The van der Waals surface area contributed by atoms with E-state index in [-0.39, 0.29) is 23.3 Å². The molecule has 1 fully saturated rings. The van der Waals surface area contributed by atoms with Crippen molar-refractivity contribution in [1.82, 2.24) is 19.1 Å². The van der Waals surface area contributed by atoms with E-state index < -0.39 is 10.0 Å². The van der Waals surface area contributed by atoms with Crippen LogP contribution in [0.3, 0.4) is 0 Å². The highest BCUT2D eigenvalue weighted by atomic mass is 32.2. The number of nitrogens with two attached hydrogens (primary N) is 1. The molecule has 9 nitrogen and oxygen atoms in total. The molecule has 1 aliphatic heterocycles. The summed E-state index contributed by atoms with van der Waals surface area (Å²) < 4.78 is 34.0. The second-order valence-electron chi connectivity index (χ2n) is 6.14. The van der Waals surface area contributed by atoms with Gasteiger partial charge in [0.2, 0.25) is 15.9 Å². The number of amides is 1. The topological polar surface area (TPSA) is 120 Å². The van der Waals surface area contributed by atoms with Gasteiger partial charge in [-0.05, 0) is 37.1 Å². The van der Waals surface area contributed by atoms with Gasteiger partial charge < -0.3 is 10.5 Å². The molecule has 0 atom stereocenters. The largest absolute Gasteiger partial charge is 0.486 e. The van der Waals surface area contributed by atoms with Gasteiger partial charge in [0.05, 0.1) is 4.90 Å². The average Bonchev–Trinajstić information content (AvgIpc) is 3.05. The summed E-state index contributed by atoms with van der Waals surface area (Å²) in [6, 6.07) is 6.25. The minimum atomic E-state index is -3.59. The van der Waals surface area contributed by atoms with Gasteiger partial charge in [0.25, 0.3) is 0 Å². The number of carbonyl (C=O) groups excluding carboxylic acids is 1. The number of hydrogen-bond acceptors (Lipinski definition) is 6. The molecule has 1 aliphatic rings. The quantitative estimate of drug-likeness (QED) is 0.770. The highest BCUT2D eigenvalue weighted by Gasteiger charge is 2.31. The molecule has 1 aromatic heterocycles. The maximum atomic E-state index is 12.7. The van der Waals surface area contributed by atoms with Gasteiger partial charge in [0.15, 0.2) is 5.82 Å². The zero-order valence-corrected chi connectivity index (χ0v) is 15.2. The number of primary amides is 1. The summed E-state index contributed by atoms with van der Waals surface area (Å²) in [6.07, 6.45) is 2.34. The molecule has 0 radical (unpaired) electrons. The molecule has 0 aliphatic carbocycles. The predicted octanol–water partition coefficient (Wildman–Crippen LogP) is 0.280. The van der Waals surface area contributed by atoms with E-state index in [4.69, 9.17) is 10.5 Å². The number of aryl methyl sites for hydroxylation is 1.